The number of anilines is 1. The van der Waals surface area contributed by atoms with E-state index in [1.165, 1.54) is 18.1 Å². The molecule has 0 saturated heterocycles. The molecule has 8 nitrogen and oxygen atoms in total. The van der Waals surface area contributed by atoms with Crippen LogP contribution in [0, 0.1) is 6.92 Å². The summed E-state index contributed by atoms with van der Waals surface area (Å²) in [7, 11) is 0. The summed E-state index contributed by atoms with van der Waals surface area (Å²) in [5, 5.41) is 10.8. The fourth-order valence-electron chi connectivity index (χ4n) is 1.45. The molecule has 10 heteroatoms. The molecular formula is C11H9N7OS2. The molecule has 3 aromatic rings. The van der Waals surface area contributed by atoms with E-state index in [-0.39, 0.29) is 5.91 Å². The van der Waals surface area contributed by atoms with E-state index in [9.17, 15) is 4.79 Å². The van der Waals surface area contributed by atoms with Gasteiger partial charge in [-0.15, -0.1) is 0 Å². The molecule has 0 unspecified atom stereocenters. The van der Waals surface area contributed by atoms with Crippen molar-refractivity contribution in [3.05, 3.63) is 36.0 Å². The largest absolute Gasteiger partial charge is 0.295 e. The predicted octanol–water partition coefficient (Wildman–Crippen LogP) is 1.76. The molecule has 0 saturated carbocycles. The van der Waals surface area contributed by atoms with Crippen molar-refractivity contribution in [3.63, 3.8) is 0 Å². The number of rotatable bonds is 4. The van der Waals surface area contributed by atoms with Gasteiger partial charge in [-0.1, -0.05) is 6.07 Å². The van der Waals surface area contributed by atoms with E-state index in [2.05, 4.69) is 34.8 Å². The van der Waals surface area contributed by atoms with Crippen LogP contribution in [0.25, 0.3) is 0 Å². The number of aromatic nitrogens is 6. The molecule has 0 aliphatic heterocycles. The van der Waals surface area contributed by atoms with Gasteiger partial charge in [-0.3, -0.25) is 15.2 Å². The van der Waals surface area contributed by atoms with E-state index in [4.69, 9.17) is 0 Å². The molecule has 3 heterocycles. The van der Waals surface area contributed by atoms with Crippen LogP contribution >= 0.6 is 23.3 Å². The quantitative estimate of drug-likeness (QED) is 0.754. The number of nitrogens with zero attached hydrogens (tertiary/aromatic N) is 5. The molecule has 0 aromatic carbocycles. The van der Waals surface area contributed by atoms with Crippen molar-refractivity contribution in [2.75, 3.05) is 5.32 Å². The van der Waals surface area contributed by atoms with Crippen LogP contribution in [0.15, 0.2) is 34.7 Å². The number of aryl methyl sites for hydroxylation is 1. The summed E-state index contributed by atoms with van der Waals surface area (Å²) in [6, 6.07) is 5.18. The van der Waals surface area contributed by atoms with Crippen LogP contribution in [0.4, 0.5) is 5.13 Å². The van der Waals surface area contributed by atoms with Gasteiger partial charge in [-0.05, 0) is 30.8 Å². The van der Waals surface area contributed by atoms with E-state index >= 15 is 0 Å². The minimum atomic E-state index is -0.328. The maximum atomic E-state index is 12.1. The second-order valence-corrected chi connectivity index (χ2v) is 5.62. The molecular weight excluding hydrogens is 310 g/mol. The zero-order chi connectivity index (χ0) is 14.7. The lowest BCUT2D eigenvalue weighted by Crippen LogP contribution is -2.13. The fraction of sp³-hybridized carbons (Fsp3) is 0.0909. The number of carbonyl (C=O) groups is 1. The third kappa shape index (κ3) is 3.41. The Kier molecular flexibility index (Phi) is 3.88. The first-order valence-electron chi connectivity index (χ1n) is 5.82. The highest BCUT2D eigenvalue weighted by Gasteiger charge is 2.12. The monoisotopic (exact) mass is 319 g/mol. The predicted molar refractivity (Wildman–Crippen MR) is 77.3 cm³/mol. The summed E-state index contributed by atoms with van der Waals surface area (Å²) in [5.74, 6) is 0.295. The van der Waals surface area contributed by atoms with E-state index < -0.39 is 0 Å². The van der Waals surface area contributed by atoms with E-state index in [0.717, 1.165) is 11.5 Å². The van der Waals surface area contributed by atoms with Crippen molar-refractivity contribution in [1.82, 2.24) is 29.5 Å². The number of pyridine rings is 1. The van der Waals surface area contributed by atoms with Gasteiger partial charge in [-0.25, -0.2) is 15.0 Å². The van der Waals surface area contributed by atoms with Crippen molar-refractivity contribution in [2.45, 2.75) is 17.1 Å². The Morgan fingerprint density at radius 1 is 1.38 bits per heavy atom. The second-order valence-electron chi connectivity index (χ2n) is 3.85. The first-order valence-corrected chi connectivity index (χ1v) is 7.41. The fourth-order valence-corrected chi connectivity index (χ4v) is 2.71. The lowest BCUT2D eigenvalue weighted by atomic mass is 10.3. The van der Waals surface area contributed by atoms with Gasteiger partial charge in [0.15, 0.2) is 5.16 Å². The van der Waals surface area contributed by atoms with E-state index in [1.807, 2.05) is 0 Å². The molecule has 1 amide bonds. The van der Waals surface area contributed by atoms with Gasteiger partial charge in [0.05, 0.1) is 0 Å². The maximum Gasteiger partial charge on any atom is 0.276 e. The third-order valence-electron chi connectivity index (χ3n) is 2.30. The van der Waals surface area contributed by atoms with E-state index in [1.54, 1.807) is 25.1 Å². The van der Waals surface area contributed by atoms with Crippen LogP contribution in [-0.4, -0.2) is 35.4 Å². The minimum absolute atomic E-state index is 0.298. The Balaban J connectivity index is 1.74. The normalized spacial score (nSPS) is 10.5. The first kappa shape index (κ1) is 13.6. The van der Waals surface area contributed by atoms with Gasteiger partial charge in [0.1, 0.15) is 22.9 Å². The van der Waals surface area contributed by atoms with Crippen molar-refractivity contribution >= 4 is 34.3 Å². The average molecular weight is 319 g/mol. The number of carbonyl (C=O) groups excluding carboxylic acids is 1. The smallest absolute Gasteiger partial charge is 0.276 e. The van der Waals surface area contributed by atoms with Crippen LogP contribution in [0.5, 0.6) is 0 Å². The van der Waals surface area contributed by atoms with Crippen molar-refractivity contribution < 1.29 is 4.79 Å². The molecule has 0 atom stereocenters. The molecule has 21 heavy (non-hydrogen) atoms. The second kappa shape index (κ2) is 5.97. The van der Waals surface area contributed by atoms with Crippen LogP contribution in [0.2, 0.25) is 0 Å². The van der Waals surface area contributed by atoms with E-state index in [0.29, 0.717) is 26.8 Å². The van der Waals surface area contributed by atoms with Crippen LogP contribution in [-0.2, 0) is 0 Å². The number of amides is 1. The van der Waals surface area contributed by atoms with Gasteiger partial charge < -0.3 is 0 Å². The highest BCUT2D eigenvalue weighted by atomic mass is 32.2. The number of hydrogen-bond acceptors (Lipinski definition) is 8. The van der Waals surface area contributed by atoms with Gasteiger partial charge in [-0.2, -0.15) is 9.47 Å². The standard InChI is InChI=1S/C11H9N7OS2/c1-6-14-11(21-18-6)16-9(19)7-3-2-4-8(15-7)20-10-12-5-13-17-10/h2-5H,1H3,(H,12,13,17)(H,14,16,18,19). The average Bonchev–Trinajstić information content (AvgIpc) is 3.11. The summed E-state index contributed by atoms with van der Waals surface area (Å²) in [4.78, 5) is 24.4. The SMILES string of the molecule is Cc1nsc(NC(=O)c2cccc(Sc3ncn[nH]3)n2)n1. The Labute approximate surface area is 127 Å². The molecule has 0 bridgehead atoms. The molecule has 0 radical (unpaired) electrons. The third-order valence-corrected chi connectivity index (χ3v) is 3.85. The lowest BCUT2D eigenvalue weighted by molar-refractivity contribution is 0.102. The van der Waals surface area contributed by atoms with Gasteiger partial charge in [0.2, 0.25) is 5.13 Å². The van der Waals surface area contributed by atoms with Gasteiger partial charge in [0.25, 0.3) is 5.91 Å². The van der Waals surface area contributed by atoms with Gasteiger partial charge in [0, 0.05) is 11.5 Å². The summed E-state index contributed by atoms with van der Waals surface area (Å²) < 4.78 is 4.00. The number of nitrogens with one attached hydrogen (secondary N) is 2. The molecule has 3 aromatic heterocycles. The molecule has 0 aliphatic carbocycles. The van der Waals surface area contributed by atoms with Crippen molar-refractivity contribution in [2.24, 2.45) is 0 Å². The topological polar surface area (TPSA) is 109 Å². The zero-order valence-electron chi connectivity index (χ0n) is 10.8. The summed E-state index contributed by atoms with van der Waals surface area (Å²) in [6.45, 7) is 1.76. The number of hydrogen-bond donors (Lipinski definition) is 2. The van der Waals surface area contributed by atoms with Crippen LogP contribution < -0.4 is 5.32 Å². The zero-order valence-corrected chi connectivity index (χ0v) is 12.4. The van der Waals surface area contributed by atoms with Gasteiger partial charge >= 0.3 is 0 Å². The van der Waals surface area contributed by atoms with Crippen molar-refractivity contribution in [3.8, 4) is 0 Å². The first-order chi connectivity index (χ1) is 10.2. The Morgan fingerprint density at radius 3 is 3.00 bits per heavy atom. The Morgan fingerprint density at radius 2 is 2.29 bits per heavy atom. The number of aromatic amines is 1. The number of H-pyrrole nitrogens is 1. The summed E-state index contributed by atoms with van der Waals surface area (Å²) in [5.41, 5.74) is 0.298. The molecule has 106 valence electrons. The molecule has 2 N–H and O–H groups in total. The Bertz CT molecular complexity index is 756. The summed E-state index contributed by atoms with van der Waals surface area (Å²) in [6.07, 6.45) is 1.41. The van der Waals surface area contributed by atoms with Crippen molar-refractivity contribution in [1.29, 1.82) is 0 Å². The van der Waals surface area contributed by atoms with Crippen LogP contribution in [0.1, 0.15) is 16.3 Å². The molecule has 0 aliphatic rings. The molecule has 0 fully saturated rings. The molecule has 0 spiro atoms. The minimum Gasteiger partial charge on any atom is -0.295 e. The van der Waals surface area contributed by atoms with Crippen LogP contribution in [0.3, 0.4) is 0 Å². The molecule has 3 rings (SSSR count). The summed E-state index contributed by atoms with van der Waals surface area (Å²) >= 11 is 2.42. The maximum absolute atomic E-state index is 12.1. The lowest BCUT2D eigenvalue weighted by Gasteiger charge is -2.02. The Hall–Kier alpha value is -2.33. The highest BCUT2D eigenvalue weighted by Crippen LogP contribution is 2.22. The highest BCUT2D eigenvalue weighted by molar-refractivity contribution is 7.99.